The third-order valence-corrected chi connectivity index (χ3v) is 5.68. The van der Waals surface area contributed by atoms with Gasteiger partial charge in [-0.25, -0.2) is 0 Å². The number of amides is 1. The van der Waals surface area contributed by atoms with Gasteiger partial charge >= 0.3 is 0 Å². The van der Waals surface area contributed by atoms with Gasteiger partial charge in [0.15, 0.2) is 0 Å². The average molecular weight is 288 g/mol. The first-order valence-electron chi connectivity index (χ1n) is 7.87. The number of hydrogen-bond donors (Lipinski definition) is 2. The van der Waals surface area contributed by atoms with E-state index in [1.54, 1.807) is 0 Å². The Balaban J connectivity index is 2.18. The van der Waals surface area contributed by atoms with Crippen molar-refractivity contribution in [1.82, 2.24) is 0 Å². The van der Waals surface area contributed by atoms with E-state index in [1.165, 1.54) is 5.56 Å². The molecule has 21 heavy (non-hydrogen) atoms. The molecule has 1 aliphatic carbocycles. The van der Waals surface area contributed by atoms with E-state index < -0.39 is 0 Å². The molecule has 3 N–H and O–H groups in total. The Kier molecular flexibility index (Phi) is 4.43. The van der Waals surface area contributed by atoms with E-state index in [0.29, 0.717) is 5.92 Å². The maximum Gasteiger partial charge on any atom is 0.228 e. The number of rotatable bonds is 2. The molecule has 1 amide bonds. The number of carbonyl (C=O) groups is 1. The summed E-state index contributed by atoms with van der Waals surface area (Å²) in [7, 11) is 0. The number of carbonyl (C=O) groups excluding carboxylic acids is 1. The molecule has 0 spiro atoms. The summed E-state index contributed by atoms with van der Waals surface area (Å²) in [5.74, 6) is 0.500. The highest BCUT2D eigenvalue weighted by Crippen LogP contribution is 2.44. The summed E-state index contributed by atoms with van der Waals surface area (Å²) in [6, 6.07) is 6.23. The van der Waals surface area contributed by atoms with Crippen LogP contribution in [0.4, 0.5) is 5.69 Å². The lowest BCUT2D eigenvalue weighted by Gasteiger charge is -2.46. The van der Waals surface area contributed by atoms with Gasteiger partial charge in [0.25, 0.3) is 0 Å². The fourth-order valence-corrected chi connectivity index (χ4v) is 3.43. The summed E-state index contributed by atoms with van der Waals surface area (Å²) in [6.07, 6.45) is 1.80. The van der Waals surface area contributed by atoms with Gasteiger partial charge in [-0.15, -0.1) is 0 Å². The molecule has 3 unspecified atom stereocenters. The highest BCUT2D eigenvalue weighted by molar-refractivity contribution is 5.94. The van der Waals surface area contributed by atoms with Crippen molar-refractivity contribution in [2.24, 2.45) is 23.0 Å². The van der Waals surface area contributed by atoms with Crippen molar-refractivity contribution in [2.45, 2.75) is 53.5 Å². The second kappa shape index (κ2) is 5.80. The highest BCUT2D eigenvalue weighted by Gasteiger charge is 2.45. The van der Waals surface area contributed by atoms with E-state index in [-0.39, 0.29) is 23.3 Å². The van der Waals surface area contributed by atoms with Gasteiger partial charge in [-0.05, 0) is 55.2 Å². The smallest absolute Gasteiger partial charge is 0.228 e. The third-order valence-electron chi connectivity index (χ3n) is 5.68. The number of hydrogen-bond acceptors (Lipinski definition) is 2. The van der Waals surface area contributed by atoms with Gasteiger partial charge in [0, 0.05) is 17.6 Å². The second-order valence-corrected chi connectivity index (χ2v) is 7.14. The number of nitrogens with two attached hydrogens (primary N) is 1. The first-order chi connectivity index (χ1) is 9.75. The molecule has 1 aromatic rings. The van der Waals surface area contributed by atoms with E-state index in [4.69, 9.17) is 5.73 Å². The molecule has 0 aliphatic heterocycles. The zero-order chi connectivity index (χ0) is 15.8. The molecule has 2 rings (SSSR count). The average Bonchev–Trinajstić information content (AvgIpc) is 2.41. The summed E-state index contributed by atoms with van der Waals surface area (Å²) in [5.41, 5.74) is 9.38. The molecule has 1 fully saturated rings. The molecule has 3 nitrogen and oxygen atoms in total. The molecule has 0 radical (unpaired) electrons. The van der Waals surface area contributed by atoms with Crippen molar-refractivity contribution < 1.29 is 4.79 Å². The standard InChI is InChI=1S/C18H28N2O/c1-11-7-6-8-16(12(11)2)20-17(21)14-9-10-15(19)13(3)18(14,4)5/h6-8,13-15H,9-10,19H2,1-5H3,(H,20,21). The Morgan fingerprint density at radius 2 is 1.95 bits per heavy atom. The van der Waals surface area contributed by atoms with Crippen LogP contribution in [0.2, 0.25) is 0 Å². The highest BCUT2D eigenvalue weighted by atomic mass is 16.1. The van der Waals surface area contributed by atoms with Crippen LogP contribution in [0, 0.1) is 31.1 Å². The van der Waals surface area contributed by atoms with Crippen molar-refractivity contribution in [3.63, 3.8) is 0 Å². The quantitative estimate of drug-likeness (QED) is 0.873. The van der Waals surface area contributed by atoms with E-state index in [1.807, 2.05) is 12.1 Å². The monoisotopic (exact) mass is 288 g/mol. The summed E-state index contributed by atoms with van der Waals surface area (Å²) in [4.78, 5) is 12.7. The largest absolute Gasteiger partial charge is 0.327 e. The first-order valence-corrected chi connectivity index (χ1v) is 7.87. The second-order valence-electron chi connectivity index (χ2n) is 7.14. The zero-order valence-electron chi connectivity index (χ0n) is 13.9. The maximum absolute atomic E-state index is 12.7. The molecule has 116 valence electrons. The molecular weight excluding hydrogens is 260 g/mol. The predicted molar refractivity (Wildman–Crippen MR) is 88.2 cm³/mol. The fourth-order valence-electron chi connectivity index (χ4n) is 3.43. The number of anilines is 1. The number of nitrogens with one attached hydrogen (secondary N) is 1. The maximum atomic E-state index is 12.7. The van der Waals surface area contributed by atoms with Gasteiger partial charge in [0.1, 0.15) is 0 Å². The zero-order valence-corrected chi connectivity index (χ0v) is 13.9. The number of benzene rings is 1. The topological polar surface area (TPSA) is 55.1 Å². The molecular formula is C18H28N2O. The Morgan fingerprint density at radius 3 is 2.62 bits per heavy atom. The van der Waals surface area contributed by atoms with Crippen LogP contribution in [0.15, 0.2) is 18.2 Å². The van der Waals surface area contributed by atoms with Crippen molar-refractivity contribution in [1.29, 1.82) is 0 Å². The normalized spacial score (nSPS) is 28.2. The molecule has 1 aromatic carbocycles. The van der Waals surface area contributed by atoms with E-state index in [0.717, 1.165) is 24.1 Å². The van der Waals surface area contributed by atoms with Crippen LogP contribution in [-0.2, 0) is 4.79 Å². The SMILES string of the molecule is Cc1cccc(NC(=O)C2CCC(N)C(C)C2(C)C)c1C. The van der Waals surface area contributed by atoms with Crippen LogP contribution in [0.3, 0.4) is 0 Å². The molecule has 0 saturated heterocycles. The van der Waals surface area contributed by atoms with Crippen LogP contribution in [0.5, 0.6) is 0 Å². The van der Waals surface area contributed by atoms with E-state index >= 15 is 0 Å². The summed E-state index contributed by atoms with van der Waals surface area (Å²) in [5, 5.41) is 3.13. The van der Waals surface area contributed by atoms with Crippen LogP contribution >= 0.6 is 0 Å². The summed E-state index contributed by atoms with van der Waals surface area (Å²) in [6.45, 7) is 10.6. The molecule has 0 aromatic heterocycles. The van der Waals surface area contributed by atoms with Gasteiger partial charge in [0.05, 0.1) is 0 Å². The fraction of sp³-hybridized carbons (Fsp3) is 0.611. The van der Waals surface area contributed by atoms with Gasteiger partial charge in [-0.1, -0.05) is 32.9 Å². The molecule has 1 aliphatic rings. The van der Waals surface area contributed by atoms with Gasteiger partial charge in [0.2, 0.25) is 5.91 Å². The lowest BCUT2D eigenvalue weighted by molar-refractivity contribution is -0.127. The summed E-state index contributed by atoms with van der Waals surface area (Å²) < 4.78 is 0. The number of aryl methyl sites for hydroxylation is 1. The van der Waals surface area contributed by atoms with Crippen LogP contribution in [-0.4, -0.2) is 11.9 Å². The lowest BCUT2D eigenvalue weighted by Crippen LogP contribution is -2.50. The molecule has 1 saturated carbocycles. The minimum Gasteiger partial charge on any atom is -0.327 e. The molecule has 3 atom stereocenters. The molecule has 0 heterocycles. The van der Waals surface area contributed by atoms with Crippen molar-refractivity contribution in [2.75, 3.05) is 5.32 Å². The minimum atomic E-state index is -0.0700. The van der Waals surface area contributed by atoms with Crippen LogP contribution < -0.4 is 11.1 Å². The van der Waals surface area contributed by atoms with Crippen molar-refractivity contribution in [3.8, 4) is 0 Å². The van der Waals surface area contributed by atoms with Gasteiger partial charge in [-0.3, -0.25) is 4.79 Å². The Bertz CT molecular complexity index is 536. The Labute approximate surface area is 128 Å². The Morgan fingerprint density at radius 1 is 1.29 bits per heavy atom. The van der Waals surface area contributed by atoms with Crippen LogP contribution in [0.25, 0.3) is 0 Å². The van der Waals surface area contributed by atoms with Crippen LogP contribution in [0.1, 0.15) is 44.7 Å². The van der Waals surface area contributed by atoms with Gasteiger partial charge < -0.3 is 11.1 Å². The third kappa shape index (κ3) is 2.98. The van der Waals surface area contributed by atoms with Crippen molar-refractivity contribution in [3.05, 3.63) is 29.3 Å². The van der Waals surface area contributed by atoms with E-state index in [9.17, 15) is 4.79 Å². The Hall–Kier alpha value is -1.35. The lowest BCUT2D eigenvalue weighted by atomic mass is 9.61. The van der Waals surface area contributed by atoms with Crippen molar-refractivity contribution >= 4 is 11.6 Å². The summed E-state index contributed by atoms with van der Waals surface area (Å²) >= 11 is 0. The molecule has 0 bridgehead atoms. The predicted octanol–water partition coefficient (Wildman–Crippen LogP) is 3.64. The van der Waals surface area contributed by atoms with E-state index in [2.05, 4.69) is 46.0 Å². The minimum absolute atomic E-state index is 0.0206. The molecule has 3 heteroatoms. The first kappa shape index (κ1) is 16.0. The van der Waals surface area contributed by atoms with Gasteiger partial charge in [-0.2, -0.15) is 0 Å².